The summed E-state index contributed by atoms with van der Waals surface area (Å²) in [4.78, 5) is 46.0. The number of hydrogen-bond donors (Lipinski definition) is 2. The van der Waals surface area contributed by atoms with E-state index in [1.807, 2.05) is 48.5 Å². The van der Waals surface area contributed by atoms with E-state index >= 15 is 0 Å². The van der Waals surface area contributed by atoms with Crippen molar-refractivity contribution in [3.05, 3.63) is 144 Å². The number of rotatable bonds is 8. The van der Waals surface area contributed by atoms with E-state index in [-0.39, 0.29) is 35.5 Å². The number of halogens is 2. The van der Waals surface area contributed by atoms with E-state index in [4.69, 9.17) is 4.74 Å². The van der Waals surface area contributed by atoms with Crippen LogP contribution in [0.1, 0.15) is 70.1 Å². The van der Waals surface area contributed by atoms with Gasteiger partial charge in [0.1, 0.15) is 34.8 Å². The first kappa shape index (κ1) is 32.1. The van der Waals surface area contributed by atoms with Crippen LogP contribution in [-0.4, -0.2) is 54.6 Å². The van der Waals surface area contributed by atoms with Gasteiger partial charge in [0.2, 0.25) is 0 Å². The number of hydrogen-bond acceptors (Lipinski definition) is 5. The highest BCUT2D eigenvalue weighted by atomic mass is 19.1. The Labute approximate surface area is 292 Å². The lowest BCUT2D eigenvalue weighted by Gasteiger charge is -2.23. The number of carbonyl (C=O) groups excluding carboxylic acids is 2. The quantitative estimate of drug-likeness (QED) is 0.167. The molecule has 2 fully saturated rings. The number of nitrogens with one attached hydrogen (secondary N) is 2. The lowest BCUT2D eigenvalue weighted by atomic mass is 10.1. The van der Waals surface area contributed by atoms with E-state index in [0.717, 1.165) is 54.0 Å². The second kappa shape index (κ2) is 13.7. The van der Waals surface area contributed by atoms with E-state index in [9.17, 15) is 18.4 Å². The molecule has 9 nitrogen and oxygen atoms in total. The first-order chi connectivity index (χ1) is 24.9. The van der Waals surface area contributed by atoms with Gasteiger partial charge in [-0.25, -0.2) is 18.7 Å². The molecule has 51 heavy (non-hydrogen) atoms. The molecule has 2 N–H and O–H groups in total. The van der Waals surface area contributed by atoms with Crippen molar-refractivity contribution in [1.82, 2.24) is 29.7 Å². The Bertz CT molecular complexity index is 2180. The molecule has 256 valence electrons. The molecule has 0 spiro atoms. The number of carbonyl (C=O) groups is 2. The molecule has 4 aromatic carbocycles. The Hall–Kier alpha value is -6.10. The van der Waals surface area contributed by atoms with Crippen molar-refractivity contribution in [2.75, 3.05) is 13.1 Å². The lowest BCUT2D eigenvalue weighted by molar-refractivity contribution is 0.0723. The van der Waals surface area contributed by atoms with Crippen molar-refractivity contribution in [1.29, 1.82) is 0 Å². The van der Waals surface area contributed by atoms with Gasteiger partial charge in [0.05, 0.1) is 35.9 Å². The lowest BCUT2D eigenvalue weighted by Crippen LogP contribution is -2.31. The maximum absolute atomic E-state index is 13.4. The number of aromatic amines is 2. The molecule has 2 aliphatic heterocycles. The average molecular weight is 685 g/mol. The van der Waals surface area contributed by atoms with Crippen LogP contribution in [0.2, 0.25) is 0 Å². The zero-order chi connectivity index (χ0) is 34.9. The predicted octanol–water partition coefficient (Wildman–Crippen LogP) is 8.49. The molecular weight excluding hydrogens is 650 g/mol. The highest BCUT2D eigenvalue weighted by Crippen LogP contribution is 2.35. The highest BCUT2D eigenvalue weighted by Gasteiger charge is 2.34. The summed E-state index contributed by atoms with van der Waals surface area (Å²) < 4.78 is 33.0. The van der Waals surface area contributed by atoms with E-state index in [2.05, 4.69) is 19.9 Å². The number of imidazole rings is 2. The molecule has 0 aliphatic carbocycles. The van der Waals surface area contributed by atoms with Crippen molar-refractivity contribution < 1.29 is 23.1 Å². The van der Waals surface area contributed by atoms with Gasteiger partial charge in [-0.1, -0.05) is 12.1 Å². The Morgan fingerprint density at radius 1 is 0.627 bits per heavy atom. The smallest absolute Gasteiger partial charge is 0.254 e. The Morgan fingerprint density at radius 2 is 1.14 bits per heavy atom. The Morgan fingerprint density at radius 3 is 1.67 bits per heavy atom. The van der Waals surface area contributed by atoms with Gasteiger partial charge >= 0.3 is 0 Å². The number of benzene rings is 4. The zero-order valence-electron chi connectivity index (χ0n) is 27.6. The summed E-state index contributed by atoms with van der Waals surface area (Å²) in [5, 5.41) is 0. The van der Waals surface area contributed by atoms with Gasteiger partial charge in [-0.2, -0.15) is 0 Å². The number of likely N-dealkylation sites (tertiary alicyclic amines) is 2. The van der Waals surface area contributed by atoms with E-state index < -0.39 is 0 Å². The molecule has 4 heterocycles. The second-order valence-electron chi connectivity index (χ2n) is 12.8. The summed E-state index contributed by atoms with van der Waals surface area (Å²) in [5.74, 6) is 1.72. The molecule has 2 unspecified atom stereocenters. The first-order valence-corrected chi connectivity index (χ1v) is 17.0. The molecule has 2 saturated heterocycles. The number of amides is 2. The van der Waals surface area contributed by atoms with Gasteiger partial charge < -0.3 is 24.5 Å². The van der Waals surface area contributed by atoms with E-state index in [1.54, 1.807) is 22.2 Å². The second-order valence-corrected chi connectivity index (χ2v) is 12.8. The fraction of sp³-hybridized carbons (Fsp3) is 0.200. The number of aromatic nitrogens is 4. The van der Waals surface area contributed by atoms with Crippen LogP contribution in [0, 0.1) is 11.6 Å². The molecule has 2 aromatic heterocycles. The summed E-state index contributed by atoms with van der Waals surface area (Å²) in [7, 11) is 0. The predicted molar refractivity (Wildman–Crippen MR) is 187 cm³/mol. The Balaban J connectivity index is 0.925. The van der Waals surface area contributed by atoms with Crippen molar-refractivity contribution in [2.45, 2.75) is 37.8 Å². The molecule has 6 aromatic rings. The summed E-state index contributed by atoms with van der Waals surface area (Å²) in [6, 6.07) is 26.3. The van der Waals surface area contributed by atoms with Gasteiger partial charge in [0.25, 0.3) is 11.8 Å². The summed E-state index contributed by atoms with van der Waals surface area (Å²) in [6.07, 6.45) is 6.84. The van der Waals surface area contributed by atoms with Gasteiger partial charge in [0, 0.05) is 29.8 Å². The monoisotopic (exact) mass is 684 g/mol. The maximum Gasteiger partial charge on any atom is 0.254 e. The highest BCUT2D eigenvalue weighted by molar-refractivity contribution is 5.95. The largest absolute Gasteiger partial charge is 0.457 e. The molecule has 2 atom stereocenters. The van der Waals surface area contributed by atoms with Crippen molar-refractivity contribution >= 4 is 11.8 Å². The third kappa shape index (κ3) is 6.62. The number of nitrogens with zero attached hydrogens (tertiary/aromatic N) is 4. The van der Waals surface area contributed by atoms with Crippen LogP contribution in [0.15, 0.2) is 109 Å². The van der Waals surface area contributed by atoms with Gasteiger partial charge in [-0.3, -0.25) is 9.59 Å². The van der Waals surface area contributed by atoms with Crippen LogP contribution in [0.3, 0.4) is 0 Å². The molecule has 2 aliphatic rings. The van der Waals surface area contributed by atoms with Gasteiger partial charge in [-0.05, 0) is 116 Å². The number of H-pyrrole nitrogens is 2. The molecule has 8 rings (SSSR count). The standard InChI is InChI=1S/C40H34F2N6O3/c41-29-14-8-26(9-15-29)39(49)47-20-2-6-35(47)37-43-23-33(45-37)25-12-18-31(19-13-25)51-32-5-1-4-28(22-32)34-24-44-38(46-34)36-7-3-21-48(36)40(50)27-10-16-30(42)17-11-27/h1,4-5,8-19,22-24,35-36H,2-3,6-7,20-21H2,(H,43,45)(H,44,46). The van der Waals surface area contributed by atoms with Gasteiger partial charge in [0.15, 0.2) is 0 Å². The third-order valence-corrected chi connectivity index (χ3v) is 9.58. The SMILES string of the molecule is O=C(c1ccc(F)cc1)N1CCCC1c1ncc(-c2ccc(Oc3cccc(-c4cnc(C5CCCN5C(=O)c5ccc(F)cc5)[nH]4)c3)cc2)[nH]1. The summed E-state index contributed by atoms with van der Waals surface area (Å²) in [5.41, 5.74) is 4.36. The van der Waals surface area contributed by atoms with Crippen LogP contribution in [0.4, 0.5) is 8.78 Å². The fourth-order valence-corrected chi connectivity index (χ4v) is 6.98. The van der Waals surface area contributed by atoms with Crippen LogP contribution in [0.25, 0.3) is 22.5 Å². The van der Waals surface area contributed by atoms with E-state index in [0.29, 0.717) is 41.5 Å². The minimum atomic E-state index is -0.375. The molecular formula is C40H34F2N6O3. The molecule has 0 bridgehead atoms. The topological polar surface area (TPSA) is 107 Å². The number of ether oxygens (including phenoxy) is 1. The minimum Gasteiger partial charge on any atom is -0.457 e. The molecule has 11 heteroatoms. The summed E-state index contributed by atoms with van der Waals surface area (Å²) in [6.45, 7) is 1.23. The molecule has 0 radical (unpaired) electrons. The average Bonchev–Trinajstić information content (AvgIpc) is 3.99. The summed E-state index contributed by atoms with van der Waals surface area (Å²) >= 11 is 0. The first-order valence-electron chi connectivity index (χ1n) is 17.0. The van der Waals surface area contributed by atoms with Crippen LogP contribution in [0.5, 0.6) is 11.5 Å². The maximum atomic E-state index is 13.4. The zero-order valence-corrected chi connectivity index (χ0v) is 27.6. The van der Waals surface area contributed by atoms with Crippen molar-refractivity contribution in [3.63, 3.8) is 0 Å². The van der Waals surface area contributed by atoms with E-state index in [1.165, 1.54) is 48.5 Å². The Kier molecular flexibility index (Phi) is 8.61. The normalized spacial score (nSPS) is 17.2. The van der Waals surface area contributed by atoms with Crippen molar-refractivity contribution in [3.8, 4) is 34.0 Å². The van der Waals surface area contributed by atoms with Gasteiger partial charge in [-0.15, -0.1) is 0 Å². The van der Waals surface area contributed by atoms with Crippen molar-refractivity contribution in [2.24, 2.45) is 0 Å². The van der Waals surface area contributed by atoms with Crippen LogP contribution in [-0.2, 0) is 0 Å². The molecule has 2 amide bonds. The minimum absolute atomic E-state index is 0.135. The third-order valence-electron chi connectivity index (χ3n) is 9.58. The van der Waals surface area contributed by atoms with Crippen LogP contribution >= 0.6 is 0 Å². The van der Waals surface area contributed by atoms with Crippen LogP contribution < -0.4 is 4.74 Å². The fourth-order valence-electron chi connectivity index (χ4n) is 6.98. The molecule has 0 saturated carbocycles.